The van der Waals surface area contributed by atoms with Crippen LogP contribution in [0.3, 0.4) is 0 Å². The first-order valence-electron chi connectivity index (χ1n) is 4.75. The Labute approximate surface area is 96.1 Å². The van der Waals surface area contributed by atoms with E-state index in [0.29, 0.717) is 18.7 Å². The van der Waals surface area contributed by atoms with Crippen molar-refractivity contribution in [2.75, 3.05) is 0 Å². The summed E-state index contributed by atoms with van der Waals surface area (Å²) < 4.78 is 0. The third kappa shape index (κ3) is 2.68. The minimum atomic E-state index is -0.879. The minimum absolute atomic E-state index is 0.350. The fraction of sp³-hybridized carbons (Fsp3) is 0.200. The van der Waals surface area contributed by atoms with E-state index in [4.69, 9.17) is 5.11 Å². The van der Waals surface area contributed by atoms with E-state index < -0.39 is 5.97 Å². The van der Waals surface area contributed by atoms with Crippen LogP contribution in [0.5, 0.6) is 0 Å². The molecule has 2 rings (SSSR count). The van der Waals surface area contributed by atoms with Crippen molar-refractivity contribution < 1.29 is 9.90 Å². The topological polar surface area (TPSA) is 78.0 Å². The maximum Gasteiger partial charge on any atom is 0.336 e. The lowest BCUT2D eigenvalue weighted by atomic mass is 10.3. The van der Waals surface area contributed by atoms with E-state index in [0.717, 1.165) is 10.6 Å². The highest BCUT2D eigenvalue weighted by Gasteiger charge is 2.05. The molecule has 0 atom stereocenters. The molecule has 0 bridgehead atoms. The zero-order valence-corrected chi connectivity index (χ0v) is 9.25. The average Bonchev–Trinajstić information content (AvgIpc) is 2.87. The Kier molecular flexibility index (Phi) is 3.33. The minimum Gasteiger partial charge on any atom is -0.478 e. The van der Waals surface area contributed by atoms with Gasteiger partial charge in [-0.2, -0.15) is 5.10 Å². The van der Waals surface area contributed by atoms with Gasteiger partial charge in [-0.25, -0.2) is 4.79 Å². The molecule has 2 heterocycles. The van der Waals surface area contributed by atoms with Gasteiger partial charge in [-0.3, -0.25) is 5.10 Å². The number of carbonyl (C=O) groups is 1. The molecule has 0 aliphatic rings. The van der Waals surface area contributed by atoms with Gasteiger partial charge in [0, 0.05) is 35.2 Å². The van der Waals surface area contributed by atoms with E-state index in [1.165, 1.54) is 11.3 Å². The summed E-state index contributed by atoms with van der Waals surface area (Å²) in [6.07, 6.45) is 1.70. The van der Waals surface area contributed by atoms with E-state index in [-0.39, 0.29) is 0 Å². The van der Waals surface area contributed by atoms with Crippen molar-refractivity contribution >= 4 is 17.3 Å². The number of hydrogen-bond donors (Lipinski definition) is 3. The summed E-state index contributed by atoms with van der Waals surface area (Å²) in [5, 5.41) is 20.3. The first kappa shape index (κ1) is 10.8. The first-order valence-corrected chi connectivity index (χ1v) is 5.63. The summed E-state index contributed by atoms with van der Waals surface area (Å²) in [6.45, 7) is 1.36. The second-order valence-corrected chi connectivity index (χ2v) is 4.29. The highest BCUT2D eigenvalue weighted by Crippen LogP contribution is 2.14. The van der Waals surface area contributed by atoms with E-state index in [2.05, 4.69) is 15.5 Å². The lowest BCUT2D eigenvalue weighted by Crippen LogP contribution is -2.12. The SMILES string of the molecule is O=C(O)c1csc(CNCc2ccn[nH]2)c1. The molecule has 5 nitrogen and oxygen atoms in total. The van der Waals surface area contributed by atoms with Crippen LogP contribution in [0.4, 0.5) is 0 Å². The zero-order valence-electron chi connectivity index (χ0n) is 8.43. The smallest absolute Gasteiger partial charge is 0.336 e. The summed E-state index contributed by atoms with van der Waals surface area (Å²) in [4.78, 5) is 11.7. The Bertz CT molecular complexity index is 464. The Balaban J connectivity index is 1.83. The summed E-state index contributed by atoms with van der Waals surface area (Å²) in [5.74, 6) is -0.879. The van der Waals surface area contributed by atoms with E-state index in [9.17, 15) is 4.79 Å². The van der Waals surface area contributed by atoms with Crippen molar-refractivity contribution in [3.05, 3.63) is 39.8 Å². The van der Waals surface area contributed by atoms with Crippen molar-refractivity contribution in [1.82, 2.24) is 15.5 Å². The second-order valence-electron chi connectivity index (χ2n) is 3.29. The molecule has 0 saturated carbocycles. The van der Waals surface area contributed by atoms with Crippen LogP contribution in [0.25, 0.3) is 0 Å². The molecule has 0 spiro atoms. The van der Waals surface area contributed by atoms with E-state index >= 15 is 0 Å². The highest BCUT2D eigenvalue weighted by atomic mass is 32.1. The summed E-state index contributed by atoms with van der Waals surface area (Å²) in [5.41, 5.74) is 1.36. The number of aromatic nitrogens is 2. The molecule has 6 heteroatoms. The number of carboxylic acids is 1. The van der Waals surface area contributed by atoms with Crippen molar-refractivity contribution in [3.8, 4) is 0 Å². The van der Waals surface area contributed by atoms with Gasteiger partial charge in [0.05, 0.1) is 5.56 Å². The maximum absolute atomic E-state index is 10.6. The number of rotatable bonds is 5. The third-order valence-electron chi connectivity index (χ3n) is 2.07. The van der Waals surface area contributed by atoms with Gasteiger partial charge in [0.2, 0.25) is 0 Å². The number of nitrogens with zero attached hydrogens (tertiary/aromatic N) is 1. The lowest BCUT2D eigenvalue weighted by Gasteiger charge is -1.99. The van der Waals surface area contributed by atoms with Crippen LogP contribution in [0, 0.1) is 0 Å². The van der Waals surface area contributed by atoms with Gasteiger partial charge in [-0.05, 0) is 12.1 Å². The second kappa shape index (κ2) is 4.91. The van der Waals surface area contributed by atoms with Crippen LogP contribution in [-0.4, -0.2) is 21.3 Å². The molecule has 0 aliphatic carbocycles. The van der Waals surface area contributed by atoms with Gasteiger partial charge in [0.1, 0.15) is 0 Å². The molecular weight excluding hydrogens is 226 g/mol. The number of aromatic carboxylic acids is 1. The molecule has 2 aromatic rings. The van der Waals surface area contributed by atoms with Crippen LogP contribution < -0.4 is 5.32 Å². The summed E-state index contributed by atoms with van der Waals surface area (Å²) in [6, 6.07) is 3.58. The molecule has 0 fully saturated rings. The number of H-pyrrole nitrogens is 1. The van der Waals surface area contributed by atoms with Crippen molar-refractivity contribution in [1.29, 1.82) is 0 Å². The first-order chi connectivity index (χ1) is 7.75. The molecule has 3 N–H and O–H groups in total. The fourth-order valence-electron chi connectivity index (χ4n) is 1.29. The van der Waals surface area contributed by atoms with Crippen LogP contribution in [0.15, 0.2) is 23.7 Å². The third-order valence-corrected chi connectivity index (χ3v) is 3.01. The predicted molar refractivity (Wildman–Crippen MR) is 60.4 cm³/mol. The van der Waals surface area contributed by atoms with Crippen LogP contribution >= 0.6 is 11.3 Å². The molecule has 0 radical (unpaired) electrons. The van der Waals surface area contributed by atoms with Gasteiger partial charge in [0.15, 0.2) is 0 Å². The van der Waals surface area contributed by atoms with Crippen LogP contribution in [-0.2, 0) is 13.1 Å². The molecule has 16 heavy (non-hydrogen) atoms. The highest BCUT2D eigenvalue weighted by molar-refractivity contribution is 7.10. The van der Waals surface area contributed by atoms with Gasteiger partial charge >= 0.3 is 5.97 Å². The van der Waals surface area contributed by atoms with Crippen molar-refractivity contribution in [3.63, 3.8) is 0 Å². The average molecular weight is 237 g/mol. The fourth-order valence-corrected chi connectivity index (χ4v) is 2.12. The van der Waals surface area contributed by atoms with Crippen LogP contribution in [0.2, 0.25) is 0 Å². The molecule has 84 valence electrons. The normalized spacial score (nSPS) is 10.5. The molecule has 0 unspecified atom stereocenters. The largest absolute Gasteiger partial charge is 0.478 e. The quantitative estimate of drug-likeness (QED) is 0.735. The number of thiophene rings is 1. The number of aromatic amines is 1. The van der Waals surface area contributed by atoms with Gasteiger partial charge in [-0.1, -0.05) is 0 Å². The standard InChI is InChI=1S/C10H11N3O2S/c14-10(15)7-3-9(16-6-7)5-11-4-8-1-2-12-13-8/h1-3,6,11H,4-5H2,(H,12,13)(H,14,15). The van der Waals surface area contributed by atoms with Crippen molar-refractivity contribution in [2.45, 2.75) is 13.1 Å². The summed E-state index contributed by atoms with van der Waals surface area (Å²) in [7, 11) is 0. The zero-order chi connectivity index (χ0) is 11.4. The molecule has 0 aromatic carbocycles. The Morgan fingerprint density at radius 2 is 2.44 bits per heavy atom. The molecule has 2 aromatic heterocycles. The Morgan fingerprint density at radius 3 is 3.06 bits per heavy atom. The Morgan fingerprint density at radius 1 is 1.56 bits per heavy atom. The number of nitrogens with one attached hydrogen (secondary N) is 2. The molecule has 0 aliphatic heterocycles. The lowest BCUT2D eigenvalue weighted by molar-refractivity contribution is 0.0697. The van der Waals surface area contributed by atoms with Gasteiger partial charge < -0.3 is 10.4 Å². The van der Waals surface area contributed by atoms with E-state index in [1.54, 1.807) is 17.6 Å². The number of hydrogen-bond acceptors (Lipinski definition) is 4. The summed E-state index contributed by atoms with van der Waals surface area (Å²) >= 11 is 1.45. The van der Waals surface area contributed by atoms with Crippen LogP contribution in [0.1, 0.15) is 20.9 Å². The van der Waals surface area contributed by atoms with Gasteiger partial charge in [-0.15, -0.1) is 11.3 Å². The molecule has 0 saturated heterocycles. The Hall–Kier alpha value is -1.66. The van der Waals surface area contributed by atoms with Crippen molar-refractivity contribution in [2.24, 2.45) is 0 Å². The molecular formula is C10H11N3O2S. The predicted octanol–water partition coefficient (Wildman–Crippen LogP) is 1.46. The maximum atomic E-state index is 10.6. The monoisotopic (exact) mass is 237 g/mol. The van der Waals surface area contributed by atoms with Gasteiger partial charge in [0.25, 0.3) is 0 Å². The van der Waals surface area contributed by atoms with E-state index in [1.807, 2.05) is 6.07 Å². The molecule has 0 amide bonds. The number of carboxylic acid groups (broad SMARTS) is 1.